The van der Waals surface area contributed by atoms with Crippen molar-refractivity contribution in [2.75, 3.05) is 25.1 Å². The topological polar surface area (TPSA) is 32.8 Å². The van der Waals surface area contributed by atoms with Crippen LogP contribution >= 0.6 is 11.6 Å². The van der Waals surface area contributed by atoms with E-state index in [1.165, 1.54) is 16.8 Å². The molecule has 27 heavy (non-hydrogen) atoms. The fraction of sp³-hybridized carbons (Fsp3) is 0.409. The minimum atomic E-state index is 0.266. The second-order valence-electron chi connectivity index (χ2n) is 7.36. The molecule has 1 saturated carbocycles. The third-order valence-corrected chi connectivity index (χ3v) is 5.71. The Morgan fingerprint density at radius 3 is 2.63 bits per heavy atom. The second-order valence-corrected chi connectivity index (χ2v) is 7.80. The molecule has 0 N–H and O–H groups in total. The lowest BCUT2D eigenvalue weighted by molar-refractivity contribution is -0.132. The van der Waals surface area contributed by atoms with Gasteiger partial charge in [-0.3, -0.25) is 4.79 Å². The number of hydrogen-bond acceptors (Lipinski definition) is 3. The molecule has 0 unspecified atom stereocenters. The predicted molar refractivity (Wildman–Crippen MR) is 109 cm³/mol. The fourth-order valence-electron chi connectivity index (χ4n) is 3.76. The number of anilines is 1. The van der Waals surface area contributed by atoms with Gasteiger partial charge in [0.1, 0.15) is 5.75 Å². The van der Waals surface area contributed by atoms with Gasteiger partial charge in [-0.1, -0.05) is 23.7 Å². The number of carbonyl (C=O) groups is 1. The lowest BCUT2D eigenvalue weighted by Gasteiger charge is -2.33. The zero-order valence-corrected chi connectivity index (χ0v) is 16.4. The Morgan fingerprint density at radius 1 is 1.15 bits per heavy atom. The summed E-state index contributed by atoms with van der Waals surface area (Å²) in [6.07, 6.45) is 3.75. The monoisotopic (exact) mass is 384 g/mol. The minimum absolute atomic E-state index is 0.266. The lowest BCUT2D eigenvalue weighted by atomic mass is 10.1. The van der Waals surface area contributed by atoms with Crippen molar-refractivity contribution in [2.24, 2.45) is 0 Å². The highest BCUT2D eigenvalue weighted by Crippen LogP contribution is 2.34. The van der Waals surface area contributed by atoms with Crippen molar-refractivity contribution in [1.29, 1.82) is 0 Å². The zero-order chi connectivity index (χ0) is 18.8. The van der Waals surface area contributed by atoms with E-state index in [2.05, 4.69) is 34.1 Å². The number of rotatable bonds is 5. The normalized spacial score (nSPS) is 17.3. The van der Waals surface area contributed by atoms with Crippen LogP contribution in [0.15, 0.2) is 42.5 Å². The molecule has 2 aromatic carbocycles. The van der Waals surface area contributed by atoms with E-state index in [4.69, 9.17) is 16.3 Å². The predicted octanol–water partition coefficient (Wildman–Crippen LogP) is 4.29. The maximum absolute atomic E-state index is 12.7. The first-order valence-corrected chi connectivity index (χ1v) is 9.97. The van der Waals surface area contributed by atoms with Crippen LogP contribution in [-0.2, 0) is 17.8 Å². The third kappa shape index (κ3) is 4.22. The molecule has 0 aromatic heterocycles. The van der Waals surface area contributed by atoms with Gasteiger partial charge in [-0.15, -0.1) is 0 Å². The standard InChI is InChI=1S/C22H25ClN2O2/c1-27-20-8-9-21-17(14-20)15-25(19-6-7-19)22(26)11-13-24(21)12-10-16-2-4-18(23)5-3-16/h2-5,8-9,14,19H,6-7,10-13,15H2,1H3. The molecule has 4 rings (SSSR count). The molecule has 0 radical (unpaired) electrons. The molecule has 1 heterocycles. The highest BCUT2D eigenvalue weighted by Gasteiger charge is 2.34. The summed E-state index contributed by atoms with van der Waals surface area (Å²) in [5, 5.41) is 0.758. The summed E-state index contributed by atoms with van der Waals surface area (Å²) in [5.41, 5.74) is 3.63. The van der Waals surface area contributed by atoms with E-state index in [-0.39, 0.29) is 5.91 Å². The Morgan fingerprint density at radius 2 is 1.93 bits per heavy atom. The van der Waals surface area contributed by atoms with Crippen LogP contribution in [0.5, 0.6) is 5.75 Å². The van der Waals surface area contributed by atoms with Gasteiger partial charge in [0.05, 0.1) is 7.11 Å². The number of fused-ring (bicyclic) bond motifs is 1. The Kier molecular flexibility index (Phi) is 5.26. The second kappa shape index (κ2) is 7.81. The van der Waals surface area contributed by atoms with Crippen LogP contribution < -0.4 is 9.64 Å². The van der Waals surface area contributed by atoms with Gasteiger partial charge < -0.3 is 14.5 Å². The van der Waals surface area contributed by atoms with E-state index in [0.29, 0.717) is 19.0 Å². The summed E-state index contributed by atoms with van der Waals surface area (Å²) >= 11 is 5.99. The van der Waals surface area contributed by atoms with Crippen LogP contribution in [0.2, 0.25) is 5.02 Å². The lowest BCUT2D eigenvalue weighted by Crippen LogP contribution is -2.39. The maximum Gasteiger partial charge on any atom is 0.224 e. The third-order valence-electron chi connectivity index (χ3n) is 5.46. The summed E-state index contributed by atoms with van der Waals surface area (Å²) in [6.45, 7) is 2.29. The molecule has 1 aliphatic heterocycles. The van der Waals surface area contributed by atoms with Crippen molar-refractivity contribution in [3.8, 4) is 5.75 Å². The number of ether oxygens (including phenoxy) is 1. The number of nitrogens with zero attached hydrogens (tertiary/aromatic N) is 2. The highest BCUT2D eigenvalue weighted by molar-refractivity contribution is 6.30. The molecule has 0 saturated heterocycles. The van der Waals surface area contributed by atoms with E-state index in [0.717, 1.165) is 43.1 Å². The highest BCUT2D eigenvalue weighted by atomic mass is 35.5. The van der Waals surface area contributed by atoms with Gasteiger partial charge in [0.2, 0.25) is 5.91 Å². The van der Waals surface area contributed by atoms with Crippen LogP contribution in [0.3, 0.4) is 0 Å². The number of halogens is 1. The fourth-order valence-corrected chi connectivity index (χ4v) is 3.88. The maximum atomic E-state index is 12.7. The average molecular weight is 385 g/mol. The van der Waals surface area contributed by atoms with E-state index in [1.54, 1.807) is 7.11 Å². The molecule has 0 bridgehead atoms. The number of methoxy groups -OCH3 is 1. The first-order chi connectivity index (χ1) is 13.1. The van der Waals surface area contributed by atoms with Crippen LogP contribution in [0.25, 0.3) is 0 Å². The minimum Gasteiger partial charge on any atom is -0.497 e. The SMILES string of the molecule is COc1ccc2c(c1)CN(C1CC1)C(=O)CCN2CCc1ccc(Cl)cc1. The molecular weight excluding hydrogens is 360 g/mol. The average Bonchev–Trinajstić information content (AvgIpc) is 3.51. The first kappa shape index (κ1) is 18.2. The number of hydrogen-bond donors (Lipinski definition) is 0. The summed E-state index contributed by atoms with van der Waals surface area (Å²) in [6, 6.07) is 14.7. The number of carbonyl (C=O) groups excluding carboxylic acids is 1. The molecule has 5 heteroatoms. The molecule has 1 fully saturated rings. The van der Waals surface area contributed by atoms with Crippen LogP contribution in [0.1, 0.15) is 30.4 Å². The molecule has 0 atom stereocenters. The summed E-state index contributed by atoms with van der Waals surface area (Å²) in [5.74, 6) is 1.11. The van der Waals surface area contributed by atoms with Gasteiger partial charge in [-0.05, 0) is 60.7 Å². The van der Waals surface area contributed by atoms with E-state index in [1.807, 2.05) is 18.2 Å². The van der Waals surface area contributed by atoms with E-state index in [9.17, 15) is 4.79 Å². The molecule has 2 aromatic rings. The molecule has 1 amide bonds. The van der Waals surface area contributed by atoms with Crippen molar-refractivity contribution < 1.29 is 9.53 Å². The number of benzene rings is 2. The van der Waals surface area contributed by atoms with Gasteiger partial charge >= 0.3 is 0 Å². The molecule has 0 spiro atoms. The Bertz CT molecular complexity index is 818. The van der Waals surface area contributed by atoms with Gasteiger partial charge in [0.15, 0.2) is 0 Å². The Labute approximate surface area is 165 Å². The van der Waals surface area contributed by atoms with Crippen molar-refractivity contribution in [3.63, 3.8) is 0 Å². The molecule has 1 aliphatic carbocycles. The van der Waals surface area contributed by atoms with Crippen molar-refractivity contribution >= 4 is 23.2 Å². The van der Waals surface area contributed by atoms with E-state index < -0.39 is 0 Å². The van der Waals surface area contributed by atoms with E-state index >= 15 is 0 Å². The quantitative estimate of drug-likeness (QED) is 0.770. The molecular formula is C22H25ClN2O2. The van der Waals surface area contributed by atoms with Gasteiger partial charge in [0, 0.05) is 42.8 Å². The van der Waals surface area contributed by atoms with Crippen LogP contribution in [-0.4, -0.2) is 37.0 Å². The first-order valence-electron chi connectivity index (χ1n) is 9.60. The van der Waals surface area contributed by atoms with Crippen molar-refractivity contribution in [3.05, 3.63) is 58.6 Å². The van der Waals surface area contributed by atoms with Gasteiger partial charge in [-0.25, -0.2) is 0 Å². The summed E-state index contributed by atoms with van der Waals surface area (Å²) in [4.78, 5) is 17.1. The number of amides is 1. The van der Waals surface area contributed by atoms with Crippen molar-refractivity contribution in [1.82, 2.24) is 4.90 Å². The summed E-state index contributed by atoms with van der Waals surface area (Å²) in [7, 11) is 1.69. The van der Waals surface area contributed by atoms with Crippen molar-refractivity contribution in [2.45, 2.75) is 38.3 Å². The largest absolute Gasteiger partial charge is 0.497 e. The Hall–Kier alpha value is -2.20. The summed E-state index contributed by atoms with van der Waals surface area (Å²) < 4.78 is 5.43. The van der Waals surface area contributed by atoms with Gasteiger partial charge in [0.25, 0.3) is 0 Å². The van der Waals surface area contributed by atoms with Crippen LogP contribution in [0.4, 0.5) is 5.69 Å². The molecule has 2 aliphatic rings. The smallest absolute Gasteiger partial charge is 0.224 e. The van der Waals surface area contributed by atoms with Crippen LogP contribution in [0, 0.1) is 0 Å². The molecule has 4 nitrogen and oxygen atoms in total. The Balaban J connectivity index is 1.58. The van der Waals surface area contributed by atoms with Gasteiger partial charge in [-0.2, -0.15) is 0 Å². The molecule has 142 valence electrons. The zero-order valence-electron chi connectivity index (χ0n) is 15.7.